The molecule has 0 saturated carbocycles. The van der Waals surface area contributed by atoms with Gasteiger partial charge in [-0.1, -0.05) is 44.2 Å². The van der Waals surface area contributed by atoms with Gasteiger partial charge in [0.1, 0.15) is 0 Å². The number of hydrogen-bond acceptors (Lipinski definition) is 2. The Morgan fingerprint density at radius 3 is 2.43 bits per heavy atom. The van der Waals surface area contributed by atoms with Crippen LogP contribution in [0.4, 0.5) is 0 Å². The Labute approximate surface area is 135 Å². The van der Waals surface area contributed by atoms with Crippen LogP contribution in [0.1, 0.15) is 45.6 Å². The van der Waals surface area contributed by atoms with Gasteiger partial charge in [-0.25, -0.2) is 0 Å². The van der Waals surface area contributed by atoms with Crippen LogP contribution in [0.2, 0.25) is 0 Å². The zero-order chi connectivity index (χ0) is 15.0. The van der Waals surface area contributed by atoms with Gasteiger partial charge in [-0.3, -0.25) is 4.79 Å². The van der Waals surface area contributed by atoms with E-state index in [1.807, 2.05) is 25.1 Å². The van der Waals surface area contributed by atoms with Gasteiger partial charge in [0, 0.05) is 18.5 Å². The summed E-state index contributed by atoms with van der Waals surface area (Å²) in [6.45, 7) is 6.81. The van der Waals surface area contributed by atoms with Gasteiger partial charge in [-0.2, -0.15) is 0 Å². The maximum atomic E-state index is 12.0. The molecule has 1 atom stereocenters. The molecule has 0 aliphatic heterocycles. The zero-order valence-corrected chi connectivity index (χ0v) is 14.2. The molecular formula is C17H29ClN2O. The molecule has 1 unspecified atom stereocenters. The van der Waals surface area contributed by atoms with Crippen molar-refractivity contribution in [3.8, 4) is 0 Å². The average Bonchev–Trinajstić information content (AvgIpc) is 2.39. The molecule has 120 valence electrons. The molecule has 0 aromatic heterocycles. The minimum atomic E-state index is -0.280. The predicted octanol–water partition coefficient (Wildman–Crippen LogP) is 3.31. The monoisotopic (exact) mass is 312 g/mol. The van der Waals surface area contributed by atoms with Crippen molar-refractivity contribution in [2.45, 2.75) is 52.0 Å². The quantitative estimate of drug-likeness (QED) is 0.773. The van der Waals surface area contributed by atoms with Gasteiger partial charge >= 0.3 is 0 Å². The van der Waals surface area contributed by atoms with E-state index in [1.54, 1.807) is 0 Å². The first-order valence-electron chi connectivity index (χ1n) is 7.50. The summed E-state index contributed by atoms with van der Waals surface area (Å²) in [5.74, 6) is 0.627. The van der Waals surface area contributed by atoms with Crippen LogP contribution in [-0.2, 0) is 11.2 Å². The molecule has 0 heterocycles. The first-order chi connectivity index (χ1) is 9.45. The molecule has 1 aromatic rings. The number of benzene rings is 1. The highest BCUT2D eigenvalue weighted by atomic mass is 35.5. The maximum Gasteiger partial charge on any atom is 0.220 e. The van der Waals surface area contributed by atoms with Crippen LogP contribution in [0.15, 0.2) is 30.3 Å². The van der Waals surface area contributed by atoms with E-state index in [4.69, 9.17) is 5.73 Å². The lowest BCUT2D eigenvalue weighted by Crippen LogP contribution is -2.52. The van der Waals surface area contributed by atoms with E-state index >= 15 is 0 Å². The lowest BCUT2D eigenvalue weighted by Gasteiger charge is -2.31. The minimum Gasteiger partial charge on any atom is -0.350 e. The second kappa shape index (κ2) is 9.80. The molecular weight excluding hydrogens is 284 g/mol. The third-order valence-electron chi connectivity index (χ3n) is 3.46. The van der Waals surface area contributed by atoms with Crippen molar-refractivity contribution in [1.82, 2.24) is 5.32 Å². The van der Waals surface area contributed by atoms with Gasteiger partial charge in [0.25, 0.3) is 0 Å². The summed E-state index contributed by atoms with van der Waals surface area (Å²) >= 11 is 0. The standard InChI is InChI=1S/C17H28N2O.ClH/c1-14(2)12-17(3,13-18)19-16(20)11-7-10-15-8-5-4-6-9-15;/h4-6,8-9,14H,7,10-13,18H2,1-3H3,(H,19,20);1H. The summed E-state index contributed by atoms with van der Waals surface area (Å²) in [6, 6.07) is 10.3. The van der Waals surface area contributed by atoms with Crippen molar-refractivity contribution in [1.29, 1.82) is 0 Å². The summed E-state index contributed by atoms with van der Waals surface area (Å²) in [5.41, 5.74) is 6.81. The third-order valence-corrected chi connectivity index (χ3v) is 3.46. The molecule has 0 radical (unpaired) electrons. The first kappa shape index (κ1) is 19.9. The Morgan fingerprint density at radius 1 is 1.29 bits per heavy atom. The van der Waals surface area contributed by atoms with Crippen LogP contribution < -0.4 is 11.1 Å². The van der Waals surface area contributed by atoms with Crippen molar-refractivity contribution >= 4 is 18.3 Å². The van der Waals surface area contributed by atoms with Crippen LogP contribution in [-0.4, -0.2) is 18.0 Å². The van der Waals surface area contributed by atoms with E-state index in [-0.39, 0.29) is 23.9 Å². The number of carbonyl (C=O) groups excluding carboxylic acids is 1. The molecule has 0 bridgehead atoms. The van der Waals surface area contributed by atoms with Crippen LogP contribution in [0.3, 0.4) is 0 Å². The molecule has 0 saturated heterocycles. The molecule has 21 heavy (non-hydrogen) atoms. The fraction of sp³-hybridized carbons (Fsp3) is 0.588. The topological polar surface area (TPSA) is 55.1 Å². The van der Waals surface area contributed by atoms with Gasteiger partial charge in [0.15, 0.2) is 0 Å². The number of rotatable bonds is 8. The number of nitrogens with one attached hydrogen (secondary N) is 1. The minimum absolute atomic E-state index is 0. The number of carbonyl (C=O) groups is 1. The van der Waals surface area contributed by atoms with Gasteiger partial charge in [0.05, 0.1) is 0 Å². The van der Waals surface area contributed by atoms with E-state index in [9.17, 15) is 4.79 Å². The molecule has 1 rings (SSSR count). The van der Waals surface area contributed by atoms with Gasteiger partial charge in [0.2, 0.25) is 5.91 Å². The molecule has 3 N–H and O–H groups in total. The van der Waals surface area contributed by atoms with Crippen LogP contribution in [0.25, 0.3) is 0 Å². The Balaban J connectivity index is 0.00000400. The van der Waals surface area contributed by atoms with Crippen molar-refractivity contribution < 1.29 is 4.79 Å². The molecule has 0 spiro atoms. The number of nitrogens with two attached hydrogens (primary N) is 1. The Hall–Kier alpha value is -1.06. The molecule has 4 heteroatoms. The predicted molar refractivity (Wildman–Crippen MR) is 91.7 cm³/mol. The van der Waals surface area contributed by atoms with Crippen molar-refractivity contribution in [3.05, 3.63) is 35.9 Å². The summed E-state index contributed by atoms with van der Waals surface area (Å²) in [4.78, 5) is 12.0. The van der Waals surface area contributed by atoms with Crippen molar-refractivity contribution in [2.24, 2.45) is 11.7 Å². The average molecular weight is 313 g/mol. The second-order valence-corrected chi connectivity index (χ2v) is 6.25. The summed E-state index contributed by atoms with van der Waals surface area (Å²) < 4.78 is 0. The lowest BCUT2D eigenvalue weighted by atomic mass is 9.90. The summed E-state index contributed by atoms with van der Waals surface area (Å²) in [6.07, 6.45) is 3.28. The first-order valence-corrected chi connectivity index (χ1v) is 7.50. The van der Waals surface area contributed by atoms with Gasteiger partial charge < -0.3 is 11.1 Å². The van der Waals surface area contributed by atoms with Crippen molar-refractivity contribution in [2.75, 3.05) is 6.54 Å². The van der Waals surface area contributed by atoms with Crippen LogP contribution in [0, 0.1) is 5.92 Å². The molecule has 0 fully saturated rings. The molecule has 0 aliphatic carbocycles. The number of aryl methyl sites for hydroxylation is 1. The van der Waals surface area contributed by atoms with E-state index < -0.39 is 0 Å². The fourth-order valence-corrected chi connectivity index (χ4v) is 2.58. The maximum absolute atomic E-state index is 12.0. The third kappa shape index (κ3) is 8.08. The lowest BCUT2D eigenvalue weighted by molar-refractivity contribution is -0.123. The molecule has 3 nitrogen and oxygen atoms in total. The largest absolute Gasteiger partial charge is 0.350 e. The van der Waals surface area contributed by atoms with Gasteiger partial charge in [-0.05, 0) is 37.7 Å². The normalized spacial score (nSPS) is 13.4. The van der Waals surface area contributed by atoms with E-state index in [1.165, 1.54) is 5.56 Å². The van der Waals surface area contributed by atoms with Crippen LogP contribution in [0.5, 0.6) is 0 Å². The highest BCUT2D eigenvalue weighted by Crippen LogP contribution is 2.15. The summed E-state index contributed by atoms with van der Waals surface area (Å²) in [7, 11) is 0. The molecule has 0 aliphatic rings. The summed E-state index contributed by atoms with van der Waals surface area (Å²) in [5, 5.41) is 3.10. The Kier molecular flexibility index (Phi) is 9.31. The Morgan fingerprint density at radius 2 is 1.90 bits per heavy atom. The smallest absolute Gasteiger partial charge is 0.220 e. The SMILES string of the molecule is CC(C)CC(C)(CN)NC(=O)CCCc1ccccc1.Cl. The number of hydrogen-bond donors (Lipinski definition) is 2. The van der Waals surface area contributed by atoms with E-state index in [0.29, 0.717) is 18.9 Å². The van der Waals surface area contributed by atoms with E-state index in [2.05, 4.69) is 31.3 Å². The Bertz CT molecular complexity index is 409. The molecule has 1 amide bonds. The second-order valence-electron chi connectivity index (χ2n) is 6.25. The fourth-order valence-electron chi connectivity index (χ4n) is 2.58. The van der Waals surface area contributed by atoms with Crippen LogP contribution >= 0.6 is 12.4 Å². The highest BCUT2D eigenvalue weighted by Gasteiger charge is 2.25. The number of halogens is 1. The number of amides is 1. The molecule has 1 aromatic carbocycles. The van der Waals surface area contributed by atoms with E-state index in [0.717, 1.165) is 19.3 Å². The van der Waals surface area contributed by atoms with Crippen molar-refractivity contribution in [3.63, 3.8) is 0 Å². The van der Waals surface area contributed by atoms with Gasteiger partial charge in [-0.15, -0.1) is 12.4 Å². The highest BCUT2D eigenvalue weighted by molar-refractivity contribution is 5.85. The zero-order valence-electron chi connectivity index (χ0n) is 13.4.